The Morgan fingerprint density at radius 3 is 2.76 bits per heavy atom. The topological polar surface area (TPSA) is 179 Å². The van der Waals surface area contributed by atoms with E-state index in [0.29, 0.717) is 6.41 Å². The van der Waals surface area contributed by atoms with Gasteiger partial charge in [0.25, 0.3) is 11.8 Å². The molecular weight excluding hydrogens is 489 g/mol. The number of anilines is 1. The maximum absolute atomic E-state index is 12.8. The molecule has 1 fully saturated rings. The summed E-state index contributed by atoms with van der Waals surface area (Å²) in [6, 6.07) is -1.04. The van der Waals surface area contributed by atoms with E-state index in [-0.39, 0.29) is 69.7 Å². The second-order valence-corrected chi connectivity index (χ2v) is 8.27. The van der Waals surface area contributed by atoms with Crippen molar-refractivity contribution in [2.75, 3.05) is 24.8 Å². The number of β-lactam (4-membered cyclic amide) rings is 1. The molecule has 2 atom stereocenters. The molecule has 0 spiro atoms. The number of hydrogen-bond acceptors (Lipinski definition) is 12. The molecule has 0 aliphatic carbocycles. The number of hydrogen-bond donors (Lipinski definition) is 2. The minimum Gasteiger partial charge on any atom is -0.543 e. The molecule has 0 radical (unpaired) electrons. The number of esters is 1. The monoisotopic (exact) mass is 505 g/mol. The van der Waals surface area contributed by atoms with E-state index < -0.39 is 35.2 Å². The Kier molecular flexibility index (Phi) is 9.42. The van der Waals surface area contributed by atoms with Gasteiger partial charge >= 0.3 is 35.5 Å². The number of ether oxygens (including phenoxy) is 1. The molecule has 1 aromatic rings. The third-order valence-electron chi connectivity index (χ3n) is 4.30. The van der Waals surface area contributed by atoms with Crippen LogP contribution in [0.4, 0.5) is 5.13 Å². The third-order valence-corrected chi connectivity index (χ3v) is 6.42. The Morgan fingerprint density at radius 1 is 1.42 bits per heavy atom. The van der Waals surface area contributed by atoms with E-state index in [1.165, 1.54) is 31.2 Å². The van der Waals surface area contributed by atoms with E-state index in [4.69, 9.17) is 9.57 Å². The zero-order valence-corrected chi connectivity index (χ0v) is 21.3. The maximum atomic E-state index is 12.8. The van der Waals surface area contributed by atoms with Gasteiger partial charge in [-0.25, -0.2) is 4.98 Å². The first kappa shape index (κ1) is 26.8. The van der Waals surface area contributed by atoms with Gasteiger partial charge < -0.3 is 30.1 Å². The van der Waals surface area contributed by atoms with Crippen LogP contribution in [0.2, 0.25) is 0 Å². The number of oxime groups is 1. The van der Waals surface area contributed by atoms with E-state index in [9.17, 15) is 29.1 Å². The van der Waals surface area contributed by atoms with Crippen molar-refractivity contribution in [1.82, 2.24) is 15.2 Å². The number of thioether (sulfide) groups is 1. The SMILES string of the molecule is CON=C(C(=O)NC1C(=O)N2C(C(=O)[O-])=C(COC(C)=O)CS[C@H]12)c1csc(NC=O)n1.[Na+]. The molecule has 2 aliphatic heterocycles. The molecule has 13 nitrogen and oxygen atoms in total. The first-order chi connectivity index (χ1) is 15.3. The number of amides is 3. The van der Waals surface area contributed by atoms with Crippen molar-refractivity contribution in [1.29, 1.82) is 0 Å². The molecule has 16 heteroatoms. The van der Waals surface area contributed by atoms with Gasteiger partial charge in [0.15, 0.2) is 10.8 Å². The van der Waals surface area contributed by atoms with Crippen molar-refractivity contribution >= 4 is 64.1 Å². The number of aliphatic carboxylic acids is 1. The first-order valence-corrected chi connectivity index (χ1v) is 10.8. The summed E-state index contributed by atoms with van der Waals surface area (Å²) in [5.74, 6) is -3.48. The number of aromatic nitrogens is 1. The molecule has 33 heavy (non-hydrogen) atoms. The number of carbonyl (C=O) groups excluding carboxylic acids is 5. The van der Waals surface area contributed by atoms with Crippen LogP contribution >= 0.6 is 23.1 Å². The van der Waals surface area contributed by atoms with Gasteiger partial charge in [-0.15, -0.1) is 23.1 Å². The van der Waals surface area contributed by atoms with Gasteiger partial charge in [0.1, 0.15) is 30.8 Å². The number of thiazole rings is 1. The fourth-order valence-electron chi connectivity index (χ4n) is 2.98. The summed E-state index contributed by atoms with van der Waals surface area (Å²) in [5.41, 5.74) is -0.280. The van der Waals surface area contributed by atoms with Gasteiger partial charge in [0.2, 0.25) is 6.41 Å². The molecule has 3 heterocycles. The molecule has 1 saturated heterocycles. The van der Waals surface area contributed by atoms with Crippen LogP contribution in [0.15, 0.2) is 21.8 Å². The van der Waals surface area contributed by atoms with Gasteiger partial charge in [-0.3, -0.25) is 24.1 Å². The predicted octanol–water partition coefficient (Wildman–Crippen LogP) is -4.97. The number of nitrogens with one attached hydrogen (secondary N) is 2. The Labute approximate surface area is 217 Å². The summed E-state index contributed by atoms with van der Waals surface area (Å²) in [5, 5.41) is 21.1. The van der Waals surface area contributed by atoms with Crippen LogP contribution < -0.4 is 45.3 Å². The van der Waals surface area contributed by atoms with Crippen molar-refractivity contribution in [2.24, 2.45) is 5.16 Å². The molecule has 0 saturated carbocycles. The van der Waals surface area contributed by atoms with E-state index in [2.05, 4.69) is 20.8 Å². The van der Waals surface area contributed by atoms with Crippen molar-refractivity contribution in [3.05, 3.63) is 22.3 Å². The normalized spacial score (nSPS) is 19.5. The van der Waals surface area contributed by atoms with Crippen molar-refractivity contribution < 1.29 is 68.2 Å². The second kappa shape index (κ2) is 11.6. The smallest absolute Gasteiger partial charge is 0.543 e. The average Bonchev–Trinajstić information content (AvgIpc) is 3.21. The minimum absolute atomic E-state index is 0. The molecule has 1 unspecified atom stereocenters. The third kappa shape index (κ3) is 5.73. The van der Waals surface area contributed by atoms with Crippen LogP contribution in [0.3, 0.4) is 0 Å². The van der Waals surface area contributed by atoms with Crippen LogP contribution in [0.5, 0.6) is 0 Å². The number of carboxylic acids is 1. The number of rotatable bonds is 9. The van der Waals surface area contributed by atoms with Crippen molar-refractivity contribution in [3.63, 3.8) is 0 Å². The largest absolute Gasteiger partial charge is 1.00 e. The van der Waals surface area contributed by atoms with Crippen LogP contribution in [-0.2, 0) is 33.5 Å². The van der Waals surface area contributed by atoms with E-state index in [1.54, 1.807) is 0 Å². The summed E-state index contributed by atoms with van der Waals surface area (Å²) in [6.45, 7) is 0.892. The Balaban J connectivity index is 0.00000385. The molecule has 3 rings (SSSR count). The van der Waals surface area contributed by atoms with Crippen LogP contribution in [0.25, 0.3) is 0 Å². The van der Waals surface area contributed by atoms with Gasteiger partial charge in [-0.05, 0) is 0 Å². The van der Waals surface area contributed by atoms with Crippen molar-refractivity contribution in [3.8, 4) is 0 Å². The Morgan fingerprint density at radius 2 is 2.15 bits per heavy atom. The van der Waals surface area contributed by atoms with Crippen molar-refractivity contribution in [2.45, 2.75) is 18.3 Å². The predicted molar refractivity (Wildman–Crippen MR) is 109 cm³/mol. The molecule has 0 aromatic carbocycles. The number of carboxylic acid groups (broad SMARTS) is 1. The molecule has 1 aromatic heterocycles. The average molecular weight is 505 g/mol. The summed E-state index contributed by atoms with van der Waals surface area (Å²) < 4.78 is 4.85. The van der Waals surface area contributed by atoms with Gasteiger partial charge in [-0.1, -0.05) is 5.16 Å². The van der Waals surface area contributed by atoms with Crippen LogP contribution in [0, 0.1) is 0 Å². The Hall–Kier alpha value is -2.46. The minimum atomic E-state index is -1.59. The second-order valence-electron chi connectivity index (χ2n) is 6.30. The van der Waals surface area contributed by atoms with E-state index >= 15 is 0 Å². The molecule has 170 valence electrons. The van der Waals surface area contributed by atoms with Gasteiger partial charge in [0.05, 0.1) is 11.7 Å². The number of carbonyl (C=O) groups is 5. The first-order valence-electron chi connectivity index (χ1n) is 8.88. The maximum Gasteiger partial charge on any atom is 1.00 e. The van der Waals surface area contributed by atoms with Gasteiger partial charge in [-0.2, -0.15) is 0 Å². The van der Waals surface area contributed by atoms with Gasteiger partial charge in [0, 0.05) is 23.6 Å². The Bertz CT molecular complexity index is 1040. The standard InChI is InChI=1S/C17H17N5O8S2.Na/c1-7(24)30-3-8-4-31-15-11(14(26)22(15)12(8)16(27)28)20-13(25)10(21-29-2)9-5-32-17(19-9)18-6-23;/h5-6,11,15H,3-4H2,1-2H3,(H,20,25)(H,27,28)(H,18,19,23);/q;+1/p-1/t11?,15-;/m1./s1. The molecule has 3 amide bonds. The summed E-state index contributed by atoms with van der Waals surface area (Å²) in [7, 11) is 1.22. The zero-order chi connectivity index (χ0) is 23.4. The van der Waals surface area contributed by atoms with E-state index in [1.807, 2.05) is 0 Å². The summed E-state index contributed by atoms with van der Waals surface area (Å²) in [4.78, 5) is 68.4. The molecule has 2 N–H and O–H groups in total. The summed E-state index contributed by atoms with van der Waals surface area (Å²) >= 11 is 2.25. The quantitative estimate of drug-likeness (QED) is 0.0824. The van der Waals surface area contributed by atoms with Crippen LogP contribution in [-0.4, -0.2) is 76.6 Å². The van der Waals surface area contributed by atoms with Crippen LogP contribution in [0.1, 0.15) is 12.6 Å². The fourth-order valence-corrected chi connectivity index (χ4v) is 4.96. The zero-order valence-electron chi connectivity index (χ0n) is 17.6. The molecule has 0 bridgehead atoms. The molecule has 2 aliphatic rings. The number of nitrogens with zero attached hydrogens (tertiary/aromatic N) is 3. The number of fused-ring (bicyclic) bond motifs is 1. The summed E-state index contributed by atoms with van der Waals surface area (Å²) in [6.07, 6.45) is 0.426. The fraction of sp³-hybridized carbons (Fsp3) is 0.353. The van der Waals surface area contributed by atoms with E-state index in [0.717, 1.165) is 16.2 Å². The molecular formula is C17H16N5NaO8S2.